The quantitative estimate of drug-likeness (QED) is 0.521. The van der Waals surface area contributed by atoms with E-state index in [2.05, 4.69) is 60.0 Å². The van der Waals surface area contributed by atoms with Gasteiger partial charge in [-0.1, -0.05) is 19.8 Å². The zero-order valence-corrected chi connectivity index (χ0v) is 21.2. The van der Waals surface area contributed by atoms with Gasteiger partial charge in [-0.25, -0.2) is 13.1 Å². The van der Waals surface area contributed by atoms with Crippen LogP contribution in [0, 0.1) is 5.92 Å². The highest BCUT2D eigenvalue weighted by Crippen LogP contribution is 2.27. The molecule has 0 spiro atoms. The number of hydrogen-bond donors (Lipinski definition) is 2. The lowest BCUT2D eigenvalue weighted by atomic mass is 9.86. The van der Waals surface area contributed by atoms with Gasteiger partial charge in [-0.05, 0) is 83.1 Å². The summed E-state index contributed by atoms with van der Waals surface area (Å²) in [6.07, 6.45) is 7.24. The molecule has 32 heavy (non-hydrogen) atoms. The Hall–Kier alpha value is -1.31. The van der Waals surface area contributed by atoms with Crippen molar-refractivity contribution in [2.75, 3.05) is 29.9 Å². The number of hydrogen-bond acceptors (Lipinski definition) is 5. The molecule has 1 heterocycles. The number of nitrogens with one attached hydrogen (secondary N) is 2. The minimum absolute atomic E-state index is 0.0953. The molecule has 1 aromatic rings. The van der Waals surface area contributed by atoms with E-state index in [1.54, 1.807) is 0 Å². The Morgan fingerprint density at radius 2 is 1.69 bits per heavy atom. The average molecular weight is 466 g/mol. The molecule has 1 aromatic carbocycles. The van der Waals surface area contributed by atoms with Crippen LogP contribution in [-0.2, 0) is 14.8 Å². The van der Waals surface area contributed by atoms with Crippen molar-refractivity contribution >= 4 is 21.4 Å². The highest BCUT2D eigenvalue weighted by atomic mass is 32.2. The summed E-state index contributed by atoms with van der Waals surface area (Å²) in [6, 6.07) is 8.81. The molecule has 182 valence electrons. The first-order valence-corrected chi connectivity index (χ1v) is 14.1. The van der Waals surface area contributed by atoms with Gasteiger partial charge >= 0.3 is 0 Å². The van der Waals surface area contributed by atoms with Crippen molar-refractivity contribution in [3.8, 4) is 0 Å². The van der Waals surface area contributed by atoms with E-state index >= 15 is 0 Å². The van der Waals surface area contributed by atoms with E-state index in [1.165, 1.54) is 5.69 Å². The van der Waals surface area contributed by atoms with Crippen molar-refractivity contribution in [1.29, 1.82) is 0 Å². The topological polar surface area (TPSA) is 70.7 Å². The number of morpholine rings is 1. The van der Waals surface area contributed by atoms with Crippen LogP contribution in [0.25, 0.3) is 0 Å². The standard InChI is InChI=1S/C25H43N3O3S/c1-5-6-7-21(4)32(29,30)27-24-10-8-22(9-11-24)16-26-23-12-14-25(15-13-23)28-17-19(2)31-20(3)18-28/h12-15,19-22,24,26-27H,5-11,16-18H2,1-4H3/t19-,20+,21?,22?,24?. The molecule has 7 heteroatoms. The molecule has 0 amide bonds. The number of sulfonamides is 1. The van der Waals surface area contributed by atoms with Crippen LogP contribution in [0.2, 0.25) is 0 Å². The first-order chi connectivity index (χ1) is 15.3. The van der Waals surface area contributed by atoms with Gasteiger partial charge in [0.1, 0.15) is 0 Å². The van der Waals surface area contributed by atoms with Crippen molar-refractivity contribution in [1.82, 2.24) is 4.72 Å². The smallest absolute Gasteiger partial charge is 0.214 e. The van der Waals surface area contributed by atoms with Crippen LogP contribution in [0.5, 0.6) is 0 Å². The van der Waals surface area contributed by atoms with E-state index in [-0.39, 0.29) is 23.5 Å². The third-order valence-corrected chi connectivity index (χ3v) is 8.88. The maximum atomic E-state index is 12.5. The lowest BCUT2D eigenvalue weighted by Gasteiger charge is -2.37. The monoisotopic (exact) mass is 465 g/mol. The Kier molecular flexibility index (Phi) is 9.26. The van der Waals surface area contributed by atoms with E-state index < -0.39 is 10.0 Å². The van der Waals surface area contributed by atoms with Crippen LogP contribution >= 0.6 is 0 Å². The summed E-state index contributed by atoms with van der Waals surface area (Å²) in [4.78, 5) is 2.40. The summed E-state index contributed by atoms with van der Waals surface area (Å²) in [5, 5.41) is 3.29. The first kappa shape index (κ1) is 25.3. The Labute approximate surface area is 195 Å². The van der Waals surface area contributed by atoms with Crippen molar-refractivity contribution < 1.29 is 13.2 Å². The molecule has 6 nitrogen and oxygen atoms in total. The molecule has 2 aliphatic rings. The van der Waals surface area contributed by atoms with Crippen LogP contribution in [0.1, 0.15) is 72.6 Å². The third-order valence-electron chi connectivity index (χ3n) is 6.92. The fourth-order valence-electron chi connectivity index (χ4n) is 4.92. The second-order valence-electron chi connectivity index (χ2n) is 9.92. The summed E-state index contributed by atoms with van der Waals surface area (Å²) in [5.41, 5.74) is 2.40. The lowest BCUT2D eigenvalue weighted by molar-refractivity contribution is -0.00521. The predicted octanol–water partition coefficient (Wildman–Crippen LogP) is 4.77. The van der Waals surface area contributed by atoms with Gasteiger partial charge in [0, 0.05) is 37.1 Å². The zero-order valence-electron chi connectivity index (χ0n) is 20.3. The zero-order chi connectivity index (χ0) is 23.1. The van der Waals surface area contributed by atoms with Crippen molar-refractivity contribution in [2.24, 2.45) is 5.92 Å². The Balaban J connectivity index is 1.40. The first-order valence-electron chi connectivity index (χ1n) is 12.5. The summed E-state index contributed by atoms with van der Waals surface area (Å²) < 4.78 is 33.9. The summed E-state index contributed by atoms with van der Waals surface area (Å²) >= 11 is 0. The molecular formula is C25H43N3O3S. The molecule has 1 aliphatic heterocycles. The summed E-state index contributed by atoms with van der Waals surface area (Å²) in [7, 11) is -3.20. The number of ether oxygens (including phenoxy) is 1. The van der Waals surface area contributed by atoms with Gasteiger partial charge in [0.05, 0.1) is 17.5 Å². The molecule has 3 rings (SSSR count). The van der Waals surface area contributed by atoms with Crippen LogP contribution in [-0.4, -0.2) is 51.6 Å². The van der Waals surface area contributed by atoms with Gasteiger partial charge in [0.15, 0.2) is 0 Å². The number of anilines is 2. The van der Waals surface area contributed by atoms with E-state index in [9.17, 15) is 8.42 Å². The second-order valence-corrected chi connectivity index (χ2v) is 12.1. The van der Waals surface area contributed by atoms with E-state index in [1.807, 2.05) is 6.92 Å². The predicted molar refractivity (Wildman–Crippen MR) is 134 cm³/mol. The highest BCUT2D eigenvalue weighted by Gasteiger charge is 2.28. The number of nitrogens with zero attached hydrogens (tertiary/aromatic N) is 1. The minimum Gasteiger partial charge on any atom is -0.385 e. The molecule has 1 aliphatic carbocycles. The van der Waals surface area contributed by atoms with Crippen LogP contribution in [0.3, 0.4) is 0 Å². The fraction of sp³-hybridized carbons (Fsp3) is 0.760. The van der Waals surface area contributed by atoms with Crippen molar-refractivity contribution in [2.45, 2.75) is 96.1 Å². The van der Waals surface area contributed by atoms with Gasteiger partial charge in [0.25, 0.3) is 0 Å². The van der Waals surface area contributed by atoms with Crippen LogP contribution in [0.15, 0.2) is 24.3 Å². The van der Waals surface area contributed by atoms with E-state index in [0.29, 0.717) is 5.92 Å². The van der Waals surface area contributed by atoms with Crippen molar-refractivity contribution in [3.05, 3.63) is 24.3 Å². The molecule has 1 saturated heterocycles. The SMILES string of the molecule is CCCCC(C)S(=O)(=O)NC1CCC(CNc2ccc(N3C[C@@H](C)O[C@@H](C)C3)cc2)CC1. The fourth-order valence-corrected chi connectivity index (χ4v) is 6.33. The van der Waals surface area contributed by atoms with Crippen LogP contribution in [0.4, 0.5) is 11.4 Å². The number of unbranched alkanes of at least 4 members (excludes halogenated alkanes) is 1. The normalized spacial score (nSPS) is 27.8. The van der Waals surface area contributed by atoms with Crippen LogP contribution < -0.4 is 14.9 Å². The van der Waals surface area contributed by atoms with Gasteiger partial charge < -0.3 is 15.0 Å². The Morgan fingerprint density at radius 1 is 1.06 bits per heavy atom. The maximum Gasteiger partial charge on any atom is 0.214 e. The lowest BCUT2D eigenvalue weighted by Crippen LogP contribution is -2.45. The van der Waals surface area contributed by atoms with Gasteiger partial charge in [0.2, 0.25) is 10.0 Å². The second kappa shape index (κ2) is 11.7. The van der Waals surface area contributed by atoms with Gasteiger partial charge in [-0.3, -0.25) is 0 Å². The molecule has 0 aromatic heterocycles. The van der Waals surface area contributed by atoms with Gasteiger partial charge in [-0.15, -0.1) is 0 Å². The molecule has 2 fully saturated rings. The summed E-state index contributed by atoms with van der Waals surface area (Å²) in [6.45, 7) is 11.0. The molecule has 1 unspecified atom stereocenters. The minimum atomic E-state index is -3.20. The molecule has 0 radical (unpaired) electrons. The van der Waals surface area contributed by atoms with Gasteiger partial charge in [-0.2, -0.15) is 0 Å². The van der Waals surface area contributed by atoms with E-state index in [0.717, 1.165) is 70.3 Å². The summed E-state index contributed by atoms with van der Waals surface area (Å²) in [5.74, 6) is 0.592. The molecule has 0 bridgehead atoms. The van der Waals surface area contributed by atoms with E-state index in [4.69, 9.17) is 4.74 Å². The number of benzene rings is 1. The third kappa shape index (κ3) is 7.35. The van der Waals surface area contributed by atoms with Crippen molar-refractivity contribution in [3.63, 3.8) is 0 Å². The highest BCUT2D eigenvalue weighted by molar-refractivity contribution is 7.90. The average Bonchev–Trinajstić information content (AvgIpc) is 2.76. The Morgan fingerprint density at radius 3 is 2.28 bits per heavy atom. The molecular weight excluding hydrogens is 422 g/mol. The number of rotatable bonds is 10. The molecule has 3 atom stereocenters. The largest absolute Gasteiger partial charge is 0.385 e. The molecule has 2 N–H and O–H groups in total. The molecule has 1 saturated carbocycles. The maximum absolute atomic E-state index is 12.5. The Bertz CT molecular complexity index is 781.